The normalized spacial score (nSPS) is 10.3. The van der Waals surface area contributed by atoms with Crippen LogP contribution in [0.1, 0.15) is 16.1 Å². The minimum Gasteiger partial charge on any atom is -0.496 e. The van der Waals surface area contributed by atoms with E-state index in [1.807, 2.05) is 42.5 Å². The fourth-order valence-corrected chi connectivity index (χ4v) is 2.71. The Bertz CT molecular complexity index is 916. The lowest BCUT2D eigenvalue weighted by molar-refractivity contribution is 0.0948. The summed E-state index contributed by atoms with van der Waals surface area (Å²) in [5, 5.41) is 14.5. The Labute approximate surface area is 162 Å². The van der Waals surface area contributed by atoms with Crippen LogP contribution in [0.4, 0.5) is 11.5 Å². The Hall–Kier alpha value is -3.12. The van der Waals surface area contributed by atoms with Crippen LogP contribution in [-0.4, -0.2) is 29.8 Å². The van der Waals surface area contributed by atoms with E-state index >= 15 is 0 Å². The van der Waals surface area contributed by atoms with Crippen molar-refractivity contribution in [2.24, 2.45) is 0 Å². The Kier molecular flexibility index (Phi) is 6.22. The summed E-state index contributed by atoms with van der Waals surface area (Å²) >= 11 is 6.10. The minimum atomic E-state index is -0.276. The van der Waals surface area contributed by atoms with Crippen molar-refractivity contribution in [3.63, 3.8) is 0 Å². The molecule has 0 fully saturated rings. The van der Waals surface area contributed by atoms with E-state index in [0.717, 1.165) is 17.0 Å². The molecular formula is C20H19ClN4O2. The van der Waals surface area contributed by atoms with Gasteiger partial charge < -0.3 is 15.4 Å². The van der Waals surface area contributed by atoms with E-state index in [0.29, 0.717) is 23.8 Å². The first-order valence-corrected chi connectivity index (χ1v) is 8.80. The third-order valence-corrected chi connectivity index (χ3v) is 4.24. The van der Waals surface area contributed by atoms with Gasteiger partial charge in [-0.2, -0.15) is 0 Å². The highest BCUT2D eigenvalue weighted by atomic mass is 35.5. The maximum absolute atomic E-state index is 12.2. The molecule has 3 rings (SSSR count). The summed E-state index contributed by atoms with van der Waals surface area (Å²) in [7, 11) is 1.63. The second-order valence-corrected chi connectivity index (χ2v) is 6.13. The Morgan fingerprint density at radius 1 is 1.04 bits per heavy atom. The maximum Gasteiger partial charge on any atom is 0.271 e. The predicted molar refractivity (Wildman–Crippen MR) is 106 cm³/mol. The van der Waals surface area contributed by atoms with Crippen molar-refractivity contribution in [3.05, 3.63) is 76.9 Å². The van der Waals surface area contributed by atoms with Gasteiger partial charge in [0.25, 0.3) is 5.91 Å². The first-order chi connectivity index (χ1) is 13.2. The highest BCUT2D eigenvalue weighted by Gasteiger charge is 2.09. The van der Waals surface area contributed by atoms with Crippen molar-refractivity contribution < 1.29 is 9.53 Å². The van der Waals surface area contributed by atoms with Gasteiger partial charge in [-0.25, -0.2) is 0 Å². The van der Waals surface area contributed by atoms with Crippen molar-refractivity contribution in [1.29, 1.82) is 0 Å². The van der Waals surface area contributed by atoms with Crippen molar-refractivity contribution in [2.75, 3.05) is 19.0 Å². The SMILES string of the molecule is COc1ccccc1CCNC(=O)c1ccc(Nc2ccccc2Cl)nn1. The molecule has 1 aromatic heterocycles. The van der Waals surface area contributed by atoms with Crippen LogP contribution in [0.25, 0.3) is 0 Å². The molecule has 1 amide bonds. The largest absolute Gasteiger partial charge is 0.496 e. The van der Waals surface area contributed by atoms with Gasteiger partial charge in [-0.1, -0.05) is 41.9 Å². The molecule has 7 heteroatoms. The van der Waals surface area contributed by atoms with Crippen molar-refractivity contribution in [1.82, 2.24) is 15.5 Å². The van der Waals surface area contributed by atoms with Crippen LogP contribution in [-0.2, 0) is 6.42 Å². The first kappa shape index (κ1) is 18.7. The number of ether oxygens (including phenoxy) is 1. The van der Waals surface area contributed by atoms with Gasteiger partial charge in [0.1, 0.15) is 5.75 Å². The van der Waals surface area contributed by atoms with E-state index < -0.39 is 0 Å². The summed E-state index contributed by atoms with van der Waals surface area (Å²) < 4.78 is 5.31. The molecule has 0 unspecified atom stereocenters. The van der Waals surface area contributed by atoms with Crippen LogP contribution in [0.15, 0.2) is 60.7 Å². The molecule has 2 aromatic carbocycles. The number of nitrogens with one attached hydrogen (secondary N) is 2. The summed E-state index contributed by atoms with van der Waals surface area (Å²) in [6.07, 6.45) is 0.662. The summed E-state index contributed by atoms with van der Waals surface area (Å²) in [4.78, 5) is 12.2. The van der Waals surface area contributed by atoms with Crippen molar-refractivity contribution in [2.45, 2.75) is 6.42 Å². The molecule has 0 bridgehead atoms. The van der Waals surface area contributed by atoms with Crippen LogP contribution in [0.3, 0.4) is 0 Å². The van der Waals surface area contributed by atoms with Crippen molar-refractivity contribution >= 4 is 29.0 Å². The lowest BCUT2D eigenvalue weighted by Crippen LogP contribution is -2.26. The Morgan fingerprint density at radius 2 is 1.81 bits per heavy atom. The summed E-state index contributed by atoms with van der Waals surface area (Å²) in [5.74, 6) is 1.04. The van der Waals surface area contributed by atoms with Crippen LogP contribution < -0.4 is 15.4 Å². The number of para-hydroxylation sites is 2. The van der Waals surface area contributed by atoms with E-state index in [9.17, 15) is 4.79 Å². The van der Waals surface area contributed by atoms with Crippen LogP contribution >= 0.6 is 11.6 Å². The molecule has 1 heterocycles. The average molecular weight is 383 g/mol. The predicted octanol–water partition coefficient (Wildman–Crippen LogP) is 3.85. The number of hydrogen-bond acceptors (Lipinski definition) is 5. The minimum absolute atomic E-state index is 0.250. The fourth-order valence-electron chi connectivity index (χ4n) is 2.53. The maximum atomic E-state index is 12.2. The Morgan fingerprint density at radius 3 is 2.56 bits per heavy atom. The van der Waals surface area contributed by atoms with Crippen LogP contribution in [0, 0.1) is 0 Å². The fraction of sp³-hybridized carbons (Fsp3) is 0.150. The zero-order chi connectivity index (χ0) is 19.1. The number of anilines is 2. The van der Waals surface area contributed by atoms with Gasteiger partial charge in [0.15, 0.2) is 11.5 Å². The molecule has 0 saturated heterocycles. The summed E-state index contributed by atoms with van der Waals surface area (Å²) in [6.45, 7) is 0.473. The molecule has 0 radical (unpaired) electrons. The topological polar surface area (TPSA) is 76.1 Å². The molecule has 6 nitrogen and oxygen atoms in total. The number of carbonyl (C=O) groups excluding carboxylic acids is 1. The highest BCUT2D eigenvalue weighted by molar-refractivity contribution is 6.33. The van der Waals surface area contributed by atoms with Gasteiger partial charge in [0, 0.05) is 6.54 Å². The van der Waals surface area contributed by atoms with Crippen LogP contribution in [0.2, 0.25) is 5.02 Å². The highest BCUT2D eigenvalue weighted by Crippen LogP contribution is 2.23. The number of nitrogens with zero attached hydrogens (tertiary/aromatic N) is 2. The lowest BCUT2D eigenvalue weighted by atomic mass is 10.1. The third-order valence-electron chi connectivity index (χ3n) is 3.91. The summed E-state index contributed by atoms with van der Waals surface area (Å²) in [6, 6.07) is 18.3. The molecule has 3 aromatic rings. The second-order valence-electron chi connectivity index (χ2n) is 5.73. The zero-order valence-electron chi connectivity index (χ0n) is 14.8. The quantitative estimate of drug-likeness (QED) is 0.649. The Balaban J connectivity index is 1.55. The number of carbonyl (C=O) groups is 1. The molecule has 0 aliphatic heterocycles. The van der Waals surface area contributed by atoms with Gasteiger partial charge >= 0.3 is 0 Å². The molecule has 0 aliphatic carbocycles. The molecule has 0 saturated carbocycles. The first-order valence-electron chi connectivity index (χ1n) is 8.43. The second kappa shape index (κ2) is 9.00. The third kappa shape index (κ3) is 4.95. The standard InChI is InChI=1S/C20H19ClN4O2/c1-27-18-9-5-2-6-14(18)12-13-22-20(26)17-10-11-19(25-24-17)23-16-8-4-3-7-15(16)21/h2-11H,12-13H2,1H3,(H,22,26)(H,23,25). The number of halogens is 1. The number of aromatic nitrogens is 2. The van der Waals surface area contributed by atoms with Gasteiger partial charge in [-0.05, 0) is 42.3 Å². The molecule has 0 aliphatic rings. The average Bonchev–Trinajstić information content (AvgIpc) is 2.70. The smallest absolute Gasteiger partial charge is 0.271 e. The number of methoxy groups -OCH3 is 1. The van der Waals surface area contributed by atoms with Gasteiger partial charge in [-0.15, -0.1) is 10.2 Å². The van der Waals surface area contributed by atoms with Gasteiger partial charge in [0.05, 0.1) is 17.8 Å². The van der Waals surface area contributed by atoms with E-state index in [1.165, 1.54) is 0 Å². The number of amides is 1. The van der Waals surface area contributed by atoms with Crippen LogP contribution in [0.5, 0.6) is 5.75 Å². The molecular weight excluding hydrogens is 364 g/mol. The molecule has 138 valence electrons. The van der Waals surface area contributed by atoms with E-state index in [-0.39, 0.29) is 11.6 Å². The summed E-state index contributed by atoms with van der Waals surface area (Å²) in [5.41, 5.74) is 2.01. The van der Waals surface area contributed by atoms with Gasteiger partial charge in [0.2, 0.25) is 0 Å². The van der Waals surface area contributed by atoms with E-state index in [1.54, 1.807) is 25.3 Å². The molecule has 0 spiro atoms. The van der Waals surface area contributed by atoms with E-state index in [4.69, 9.17) is 16.3 Å². The lowest BCUT2D eigenvalue weighted by Gasteiger charge is -2.09. The van der Waals surface area contributed by atoms with Crippen molar-refractivity contribution in [3.8, 4) is 5.75 Å². The van der Waals surface area contributed by atoms with E-state index in [2.05, 4.69) is 20.8 Å². The van der Waals surface area contributed by atoms with Gasteiger partial charge in [-0.3, -0.25) is 4.79 Å². The number of hydrogen-bond donors (Lipinski definition) is 2. The molecule has 2 N–H and O–H groups in total. The monoisotopic (exact) mass is 382 g/mol. The molecule has 0 atom stereocenters. The number of benzene rings is 2. The zero-order valence-corrected chi connectivity index (χ0v) is 15.5. The number of rotatable bonds is 7. The molecule has 27 heavy (non-hydrogen) atoms.